The van der Waals surface area contributed by atoms with Crippen molar-refractivity contribution >= 4 is 10.1 Å². The van der Waals surface area contributed by atoms with Gasteiger partial charge in [0.05, 0.1) is 0 Å². The van der Waals surface area contributed by atoms with Crippen LogP contribution in [0.2, 0.25) is 0 Å². The lowest BCUT2D eigenvalue weighted by Gasteiger charge is -2.16. The molecule has 7 heavy (non-hydrogen) atoms. The lowest BCUT2D eigenvalue weighted by Crippen LogP contribution is -2.34. The second-order valence-corrected chi connectivity index (χ2v) is 2.87. The Morgan fingerprint density at radius 2 is 2.14 bits per heavy atom. The Morgan fingerprint density at radius 1 is 1.71 bits per heavy atom. The molecule has 1 fully saturated rings. The van der Waals surface area contributed by atoms with Crippen molar-refractivity contribution in [3.8, 4) is 0 Å². The molecule has 3 nitrogen and oxygen atoms in total. The van der Waals surface area contributed by atoms with Crippen LogP contribution in [0.1, 0.15) is 0 Å². The molecular formula is C2H3FO3S. The molecule has 0 amide bonds. The van der Waals surface area contributed by atoms with Gasteiger partial charge in [-0.3, -0.25) is 0 Å². The highest BCUT2D eigenvalue weighted by Crippen LogP contribution is 2.15. The number of hydrogen-bond donors (Lipinski definition) is 0. The highest BCUT2D eigenvalue weighted by Gasteiger charge is 2.34. The summed E-state index contributed by atoms with van der Waals surface area (Å²) in [6, 6.07) is 0. The summed E-state index contributed by atoms with van der Waals surface area (Å²) in [6.45, 7) is 0. The summed E-state index contributed by atoms with van der Waals surface area (Å²) in [5.41, 5.74) is 0. The predicted octanol–water partition coefficient (Wildman–Crippen LogP) is -0.358. The highest BCUT2D eigenvalue weighted by atomic mass is 32.2. The van der Waals surface area contributed by atoms with Crippen molar-refractivity contribution in [3.05, 3.63) is 0 Å². The van der Waals surface area contributed by atoms with E-state index in [2.05, 4.69) is 4.18 Å². The van der Waals surface area contributed by atoms with Crippen molar-refractivity contribution in [1.29, 1.82) is 0 Å². The molecule has 1 saturated heterocycles. The van der Waals surface area contributed by atoms with Gasteiger partial charge in [-0.15, -0.1) is 0 Å². The molecule has 42 valence electrons. The zero-order valence-corrected chi connectivity index (χ0v) is 4.11. The van der Waals surface area contributed by atoms with E-state index in [4.69, 9.17) is 0 Å². The van der Waals surface area contributed by atoms with Crippen LogP contribution in [0.25, 0.3) is 0 Å². The predicted molar refractivity (Wildman–Crippen MR) is 19.8 cm³/mol. The molecule has 1 rings (SSSR count). The topological polar surface area (TPSA) is 43.4 Å². The first-order valence-corrected chi connectivity index (χ1v) is 3.23. The monoisotopic (exact) mass is 126 g/mol. The molecular weight excluding hydrogens is 123 g/mol. The van der Waals surface area contributed by atoms with Gasteiger partial charge < -0.3 is 0 Å². The van der Waals surface area contributed by atoms with Gasteiger partial charge in [0.25, 0.3) is 10.1 Å². The molecule has 0 bridgehead atoms. The molecule has 0 aromatic heterocycles. The Labute approximate surface area is 40.2 Å². The lowest BCUT2D eigenvalue weighted by molar-refractivity contribution is 0.0547. The van der Waals surface area contributed by atoms with Crippen LogP contribution in [0.5, 0.6) is 0 Å². The summed E-state index contributed by atoms with van der Waals surface area (Å²) in [5.74, 6) is -0.479. The third-order valence-electron chi connectivity index (χ3n) is 0.586. The smallest absolute Gasteiger partial charge is 0.232 e. The van der Waals surface area contributed by atoms with Gasteiger partial charge in [0, 0.05) is 0 Å². The Morgan fingerprint density at radius 3 is 2.14 bits per heavy atom. The third-order valence-corrected chi connectivity index (χ3v) is 1.76. The summed E-state index contributed by atoms with van der Waals surface area (Å²) in [4.78, 5) is 0. The van der Waals surface area contributed by atoms with Crippen molar-refractivity contribution in [3.63, 3.8) is 0 Å². The largest absolute Gasteiger partial charge is 0.275 e. The maximum absolute atomic E-state index is 11.4. The number of rotatable bonds is 0. The average Bonchev–Trinajstić information content (AvgIpc) is 1.27. The highest BCUT2D eigenvalue weighted by molar-refractivity contribution is 7.87. The molecule has 0 aromatic rings. The minimum absolute atomic E-state index is 0.479. The summed E-state index contributed by atoms with van der Waals surface area (Å²) < 4.78 is 34.7. The van der Waals surface area contributed by atoms with Crippen molar-refractivity contribution in [2.24, 2.45) is 0 Å². The molecule has 1 unspecified atom stereocenters. The van der Waals surface area contributed by atoms with Crippen LogP contribution < -0.4 is 0 Å². The van der Waals surface area contributed by atoms with E-state index in [1.54, 1.807) is 0 Å². The van der Waals surface area contributed by atoms with E-state index in [-0.39, 0.29) is 0 Å². The van der Waals surface area contributed by atoms with E-state index in [1.165, 1.54) is 0 Å². The number of halogens is 1. The maximum Gasteiger partial charge on any atom is 0.275 e. The van der Waals surface area contributed by atoms with E-state index in [9.17, 15) is 12.8 Å². The van der Waals surface area contributed by atoms with Crippen molar-refractivity contribution in [1.82, 2.24) is 0 Å². The van der Waals surface area contributed by atoms with Crippen LogP contribution in [-0.4, -0.2) is 20.5 Å². The number of alkyl halides is 1. The Kier molecular flexibility index (Phi) is 0.829. The molecule has 1 atom stereocenters. The maximum atomic E-state index is 11.4. The minimum atomic E-state index is -3.41. The van der Waals surface area contributed by atoms with Crippen LogP contribution in [0.15, 0.2) is 0 Å². The summed E-state index contributed by atoms with van der Waals surface area (Å²) in [6.07, 6.45) is -1.58. The zero-order chi connectivity index (χ0) is 5.49. The molecule has 0 spiro atoms. The Hall–Kier alpha value is -0.160. The molecule has 1 aliphatic heterocycles. The fourth-order valence-electron chi connectivity index (χ4n) is 0.312. The molecule has 0 N–H and O–H groups in total. The second-order valence-electron chi connectivity index (χ2n) is 1.23. The fourth-order valence-corrected chi connectivity index (χ4v) is 0.935. The third kappa shape index (κ3) is 0.889. The first kappa shape index (κ1) is 4.99. The van der Waals surface area contributed by atoms with E-state index < -0.39 is 22.2 Å². The molecule has 0 aromatic carbocycles. The van der Waals surface area contributed by atoms with Gasteiger partial charge in [-0.25, -0.2) is 8.57 Å². The molecule has 0 saturated carbocycles. The van der Waals surface area contributed by atoms with E-state index in [0.717, 1.165) is 0 Å². The van der Waals surface area contributed by atoms with E-state index in [0.29, 0.717) is 0 Å². The van der Waals surface area contributed by atoms with Crippen LogP contribution in [0, 0.1) is 0 Å². The van der Waals surface area contributed by atoms with Crippen LogP contribution in [0.4, 0.5) is 4.39 Å². The first-order valence-electron chi connectivity index (χ1n) is 1.65. The minimum Gasteiger partial charge on any atom is -0.232 e. The number of hydrogen-bond acceptors (Lipinski definition) is 3. The average molecular weight is 126 g/mol. The summed E-state index contributed by atoms with van der Waals surface area (Å²) >= 11 is 0. The summed E-state index contributed by atoms with van der Waals surface area (Å²) in [7, 11) is -3.41. The van der Waals surface area contributed by atoms with Crippen LogP contribution in [-0.2, 0) is 14.3 Å². The molecule has 1 aliphatic rings. The van der Waals surface area contributed by atoms with Gasteiger partial charge in [-0.1, -0.05) is 0 Å². The molecule has 5 heteroatoms. The lowest BCUT2D eigenvalue weighted by atomic mass is 10.8. The SMILES string of the molecule is O=S1(=O)CC(F)O1. The standard InChI is InChI=1S/C2H3FO3S/c3-2-1-7(4,5)6-2/h2H,1H2. The fraction of sp³-hybridized carbons (Fsp3) is 1.00. The molecule has 0 aliphatic carbocycles. The Bertz CT molecular complexity index is 148. The Balaban J connectivity index is 2.61. The van der Waals surface area contributed by atoms with Gasteiger partial charge in [-0.05, 0) is 0 Å². The second kappa shape index (κ2) is 1.16. The first-order chi connectivity index (χ1) is 3.10. The normalized spacial score (nSPS) is 37.0. The van der Waals surface area contributed by atoms with E-state index in [1.807, 2.05) is 0 Å². The van der Waals surface area contributed by atoms with Crippen molar-refractivity contribution < 1.29 is 17.0 Å². The van der Waals surface area contributed by atoms with Gasteiger partial charge in [0.1, 0.15) is 5.75 Å². The van der Waals surface area contributed by atoms with Crippen LogP contribution in [0.3, 0.4) is 0 Å². The van der Waals surface area contributed by atoms with Crippen molar-refractivity contribution in [2.75, 3.05) is 5.75 Å². The van der Waals surface area contributed by atoms with Crippen LogP contribution >= 0.6 is 0 Å². The van der Waals surface area contributed by atoms with Gasteiger partial charge in [-0.2, -0.15) is 8.42 Å². The molecule has 0 radical (unpaired) electrons. The summed E-state index contributed by atoms with van der Waals surface area (Å²) in [5, 5.41) is 0. The van der Waals surface area contributed by atoms with Crippen molar-refractivity contribution in [2.45, 2.75) is 6.36 Å². The van der Waals surface area contributed by atoms with Gasteiger partial charge in [0.15, 0.2) is 0 Å². The zero-order valence-electron chi connectivity index (χ0n) is 3.30. The quantitative estimate of drug-likeness (QED) is 0.416. The molecule has 1 heterocycles. The van der Waals surface area contributed by atoms with E-state index >= 15 is 0 Å². The van der Waals surface area contributed by atoms with Gasteiger partial charge in [0.2, 0.25) is 6.36 Å². The van der Waals surface area contributed by atoms with Gasteiger partial charge >= 0.3 is 0 Å².